The molecule has 9 heteroatoms. The number of aromatic nitrogens is 3. The van der Waals surface area contributed by atoms with E-state index in [-0.39, 0.29) is 29.2 Å². The number of halogens is 2. The molecule has 0 saturated heterocycles. The van der Waals surface area contributed by atoms with Crippen LogP contribution in [0.5, 0.6) is 0 Å². The van der Waals surface area contributed by atoms with Crippen molar-refractivity contribution in [1.29, 1.82) is 0 Å². The first kappa shape index (κ1) is 22.1. The fourth-order valence-corrected chi connectivity index (χ4v) is 4.02. The van der Waals surface area contributed by atoms with Crippen molar-refractivity contribution in [3.05, 3.63) is 134 Å². The minimum Gasteiger partial charge on any atom is -0.354 e. The van der Waals surface area contributed by atoms with Crippen LogP contribution in [0.2, 0.25) is 0 Å². The number of rotatable bonds is 6. The van der Waals surface area contributed by atoms with Gasteiger partial charge in [0.25, 0.3) is 5.56 Å². The quantitative estimate of drug-likeness (QED) is 0.277. The van der Waals surface area contributed by atoms with E-state index in [1.54, 1.807) is 12.1 Å². The molecule has 0 atom stereocenters. The fourth-order valence-electron chi connectivity index (χ4n) is 4.02. The summed E-state index contributed by atoms with van der Waals surface area (Å²) >= 11 is 0. The van der Waals surface area contributed by atoms with Crippen molar-refractivity contribution in [3.63, 3.8) is 0 Å². The molecule has 0 radical (unpaired) electrons. The Labute approximate surface area is 197 Å². The molecule has 0 amide bonds. The number of H-pyrrole nitrogens is 1. The van der Waals surface area contributed by atoms with Crippen molar-refractivity contribution in [2.24, 2.45) is 0 Å². The maximum Gasteiger partial charge on any atom is 0.305 e. The highest BCUT2D eigenvalue weighted by Gasteiger charge is 2.24. The van der Waals surface area contributed by atoms with Gasteiger partial charge in [0.05, 0.1) is 16.3 Å². The van der Waals surface area contributed by atoms with Crippen LogP contribution in [-0.4, -0.2) is 19.5 Å². The van der Waals surface area contributed by atoms with E-state index in [2.05, 4.69) is 9.97 Å². The van der Waals surface area contributed by atoms with E-state index < -0.39 is 22.0 Å². The average Bonchev–Trinajstić information content (AvgIpc) is 3.16. The first-order valence-electron chi connectivity index (χ1n) is 10.8. The van der Waals surface area contributed by atoms with Gasteiger partial charge < -0.3 is 4.98 Å². The summed E-state index contributed by atoms with van der Waals surface area (Å²) in [6, 6.07) is 19.1. The molecule has 174 valence electrons. The van der Waals surface area contributed by atoms with Crippen molar-refractivity contribution >= 4 is 5.69 Å². The fraction of sp³-hybridized carbons (Fsp3) is 0.0769. The molecule has 3 aromatic rings. The molecule has 0 spiro atoms. The molecule has 0 aliphatic carbocycles. The van der Waals surface area contributed by atoms with Crippen LogP contribution in [0, 0.1) is 21.7 Å². The van der Waals surface area contributed by atoms with E-state index >= 15 is 0 Å². The second-order valence-corrected chi connectivity index (χ2v) is 8.06. The third-order valence-corrected chi connectivity index (χ3v) is 5.72. The molecule has 35 heavy (non-hydrogen) atoms. The second kappa shape index (κ2) is 8.94. The van der Waals surface area contributed by atoms with Crippen LogP contribution in [-0.2, 0) is 12.8 Å². The summed E-state index contributed by atoms with van der Waals surface area (Å²) < 4.78 is 29.6. The number of benzene rings is 3. The molecule has 0 saturated carbocycles. The monoisotopic (exact) mass is 472 g/mol. The third-order valence-electron chi connectivity index (χ3n) is 5.72. The van der Waals surface area contributed by atoms with E-state index in [1.807, 2.05) is 30.3 Å². The second-order valence-electron chi connectivity index (χ2n) is 8.06. The van der Waals surface area contributed by atoms with Gasteiger partial charge in [0.2, 0.25) is 5.82 Å². The number of nitro benzene ring substituents is 1. The van der Waals surface area contributed by atoms with Crippen molar-refractivity contribution < 1.29 is 13.7 Å². The average molecular weight is 472 g/mol. The normalized spacial score (nSPS) is 11.1. The Morgan fingerprint density at radius 2 is 1.63 bits per heavy atom. The van der Waals surface area contributed by atoms with Gasteiger partial charge in [0, 0.05) is 30.7 Å². The largest absolute Gasteiger partial charge is 0.354 e. The van der Waals surface area contributed by atoms with Crippen molar-refractivity contribution in [2.45, 2.75) is 12.8 Å². The first-order chi connectivity index (χ1) is 16.9. The summed E-state index contributed by atoms with van der Waals surface area (Å²) in [5.74, 6) is -1.02. The topological polar surface area (TPSA) is 93.8 Å². The molecule has 2 aliphatic heterocycles. The third kappa shape index (κ3) is 4.31. The summed E-state index contributed by atoms with van der Waals surface area (Å²) in [7, 11) is 0. The smallest absolute Gasteiger partial charge is 0.305 e. The predicted octanol–water partition coefficient (Wildman–Crippen LogP) is 5.03. The van der Waals surface area contributed by atoms with Crippen molar-refractivity contribution in [3.8, 4) is 17.1 Å². The highest BCUT2D eigenvalue weighted by molar-refractivity contribution is 5.64. The lowest BCUT2D eigenvalue weighted by Crippen LogP contribution is -2.18. The van der Waals surface area contributed by atoms with Gasteiger partial charge in [-0.3, -0.25) is 19.5 Å². The maximum absolute atomic E-state index is 15.0. The van der Waals surface area contributed by atoms with Crippen LogP contribution in [0.1, 0.15) is 22.5 Å². The number of hydrogen-bond donors (Lipinski definition) is 1. The number of nitro groups is 1. The minimum absolute atomic E-state index is 0.0383. The van der Waals surface area contributed by atoms with Gasteiger partial charge in [-0.05, 0) is 29.3 Å². The predicted molar refractivity (Wildman–Crippen MR) is 126 cm³/mol. The molecule has 0 aromatic heterocycles. The number of hydrogen-bond acceptors (Lipinski definition) is 4. The molecular weight excluding hydrogens is 454 g/mol. The summed E-state index contributed by atoms with van der Waals surface area (Å²) in [5, 5.41) is 11.2. The number of fused-ring (bicyclic) bond motifs is 1. The Morgan fingerprint density at radius 1 is 0.914 bits per heavy atom. The molecule has 0 bridgehead atoms. The van der Waals surface area contributed by atoms with Gasteiger partial charge >= 0.3 is 5.69 Å². The highest BCUT2D eigenvalue weighted by atomic mass is 19.1. The Hall–Kier alpha value is -4.66. The van der Waals surface area contributed by atoms with Gasteiger partial charge in [-0.15, -0.1) is 0 Å². The zero-order valence-corrected chi connectivity index (χ0v) is 18.2. The Bertz CT molecular complexity index is 1560. The van der Waals surface area contributed by atoms with Crippen LogP contribution < -0.4 is 5.56 Å². The van der Waals surface area contributed by atoms with Crippen LogP contribution in [0.3, 0.4) is 0 Å². The molecule has 3 aromatic carbocycles. The Balaban J connectivity index is 1.68. The van der Waals surface area contributed by atoms with Crippen LogP contribution in [0.15, 0.2) is 83.8 Å². The summed E-state index contributed by atoms with van der Waals surface area (Å²) in [6.07, 6.45) is 1.95. The van der Waals surface area contributed by atoms with E-state index in [4.69, 9.17) is 0 Å². The highest BCUT2D eigenvalue weighted by Crippen LogP contribution is 2.30. The SMILES string of the molecule is O=c1c(Cc2ccc(F)cc2)nc2c(Cc3ccccc3)[nH]c(-c3cccc([N+](=O)[O-])c3F)cn1-2. The molecule has 5 rings (SSSR count). The molecular formula is C26H18F2N4O3. The maximum atomic E-state index is 15.0. The molecule has 0 fully saturated rings. The lowest BCUT2D eigenvalue weighted by Gasteiger charge is -2.13. The van der Waals surface area contributed by atoms with Crippen molar-refractivity contribution in [1.82, 2.24) is 14.5 Å². The van der Waals surface area contributed by atoms with E-state index in [0.717, 1.165) is 11.6 Å². The van der Waals surface area contributed by atoms with Crippen LogP contribution >= 0.6 is 0 Å². The molecule has 7 nitrogen and oxygen atoms in total. The molecule has 1 N–H and O–H groups in total. The van der Waals surface area contributed by atoms with Crippen molar-refractivity contribution in [2.75, 3.05) is 0 Å². The molecule has 0 unspecified atom stereocenters. The standard InChI is InChI=1S/C26H18F2N4O3/c27-18-11-9-17(10-12-18)14-21-26(33)31-15-22(19-7-4-8-23(24(19)28)32(34)35)29-20(25(31)30-21)13-16-5-2-1-3-6-16/h1-12,15,29H,13-14H2. The first-order valence-corrected chi connectivity index (χ1v) is 10.8. The number of aromatic amines is 1. The minimum atomic E-state index is -1.00. The molecule has 2 aliphatic rings. The van der Waals surface area contributed by atoms with E-state index in [0.29, 0.717) is 23.5 Å². The number of nitrogens with one attached hydrogen (secondary N) is 1. The van der Waals surface area contributed by atoms with Gasteiger partial charge in [-0.25, -0.2) is 9.37 Å². The van der Waals surface area contributed by atoms with E-state index in [1.165, 1.54) is 35.0 Å². The van der Waals surface area contributed by atoms with Gasteiger partial charge in [-0.1, -0.05) is 48.5 Å². The Kier molecular flexibility index (Phi) is 5.66. The zero-order valence-electron chi connectivity index (χ0n) is 18.2. The number of nitrogens with zero attached hydrogens (tertiary/aromatic N) is 3. The van der Waals surface area contributed by atoms with Gasteiger partial charge in [0.1, 0.15) is 11.5 Å². The Morgan fingerprint density at radius 3 is 2.34 bits per heavy atom. The van der Waals surface area contributed by atoms with Crippen LogP contribution in [0.25, 0.3) is 17.1 Å². The summed E-state index contributed by atoms with van der Waals surface area (Å²) in [6.45, 7) is 0. The summed E-state index contributed by atoms with van der Waals surface area (Å²) in [4.78, 5) is 31.4. The van der Waals surface area contributed by atoms with E-state index in [9.17, 15) is 23.7 Å². The van der Waals surface area contributed by atoms with Gasteiger partial charge in [0.15, 0.2) is 5.82 Å². The molecule has 2 heterocycles. The van der Waals surface area contributed by atoms with Gasteiger partial charge in [-0.2, -0.15) is 4.39 Å². The lowest BCUT2D eigenvalue weighted by molar-refractivity contribution is -0.387. The lowest BCUT2D eigenvalue weighted by atomic mass is 10.1. The zero-order chi connectivity index (χ0) is 24.5. The summed E-state index contributed by atoms with van der Waals surface area (Å²) in [5.41, 5.74) is 1.53. The van der Waals surface area contributed by atoms with Crippen LogP contribution in [0.4, 0.5) is 14.5 Å². The number of imidazole rings is 1.